The van der Waals surface area contributed by atoms with Crippen molar-refractivity contribution < 1.29 is 5.11 Å². The van der Waals surface area contributed by atoms with Gasteiger partial charge in [0.05, 0.1) is 21.8 Å². The highest BCUT2D eigenvalue weighted by molar-refractivity contribution is 6.42. The molecule has 0 saturated heterocycles. The number of nitrogens with one attached hydrogen (secondary N) is 1. The fourth-order valence-electron chi connectivity index (χ4n) is 3.95. The zero-order valence-corrected chi connectivity index (χ0v) is 14.2. The molecule has 2 aromatic rings. The molecule has 0 bridgehead atoms. The van der Waals surface area contributed by atoms with Crippen molar-refractivity contribution in [2.45, 2.75) is 25.3 Å². The van der Waals surface area contributed by atoms with Gasteiger partial charge in [0.1, 0.15) is 5.75 Å². The van der Waals surface area contributed by atoms with Crippen molar-refractivity contribution >= 4 is 28.9 Å². The summed E-state index contributed by atoms with van der Waals surface area (Å²) in [6.45, 7) is 2.09. The lowest BCUT2D eigenvalue weighted by molar-refractivity contribution is 0.414. The number of aromatic hydroxyl groups is 1. The summed E-state index contributed by atoms with van der Waals surface area (Å²) in [4.78, 5) is 0. The Hall–Kier alpha value is -1.64. The lowest BCUT2D eigenvalue weighted by atomic mass is 9.75. The minimum absolute atomic E-state index is 0.0291. The van der Waals surface area contributed by atoms with Gasteiger partial charge in [-0.3, -0.25) is 0 Å². The van der Waals surface area contributed by atoms with Crippen LogP contribution >= 0.6 is 23.2 Å². The van der Waals surface area contributed by atoms with Gasteiger partial charge < -0.3 is 10.4 Å². The van der Waals surface area contributed by atoms with E-state index in [1.54, 1.807) is 12.1 Å². The normalized spacial score (nSPS) is 24.9. The van der Waals surface area contributed by atoms with Crippen LogP contribution in [0.5, 0.6) is 5.75 Å². The highest BCUT2D eigenvalue weighted by atomic mass is 35.5. The van der Waals surface area contributed by atoms with Gasteiger partial charge in [-0.2, -0.15) is 0 Å². The number of fused-ring (bicyclic) bond motifs is 3. The van der Waals surface area contributed by atoms with E-state index in [9.17, 15) is 5.11 Å². The number of halogens is 2. The number of phenolic OH excluding ortho intramolecular Hbond substituents is 1. The van der Waals surface area contributed by atoms with E-state index in [2.05, 4.69) is 24.4 Å². The van der Waals surface area contributed by atoms with Crippen LogP contribution in [0.2, 0.25) is 10.0 Å². The second-order valence-electron chi connectivity index (χ2n) is 6.31. The second-order valence-corrected chi connectivity index (χ2v) is 7.09. The van der Waals surface area contributed by atoms with Crippen LogP contribution in [0, 0.1) is 12.8 Å². The Morgan fingerprint density at radius 3 is 2.83 bits per heavy atom. The van der Waals surface area contributed by atoms with E-state index in [-0.39, 0.29) is 11.8 Å². The lowest BCUT2D eigenvalue weighted by Gasteiger charge is -2.39. The van der Waals surface area contributed by atoms with Crippen molar-refractivity contribution in [2.75, 3.05) is 5.32 Å². The van der Waals surface area contributed by atoms with Crippen molar-refractivity contribution in [3.63, 3.8) is 0 Å². The van der Waals surface area contributed by atoms with Gasteiger partial charge in [-0.1, -0.05) is 53.6 Å². The number of hydrogen-bond donors (Lipinski definition) is 2. The van der Waals surface area contributed by atoms with Crippen LogP contribution < -0.4 is 5.32 Å². The summed E-state index contributed by atoms with van der Waals surface area (Å²) < 4.78 is 0. The number of benzene rings is 2. The van der Waals surface area contributed by atoms with Crippen molar-refractivity contribution in [3.05, 3.63) is 69.2 Å². The Bertz CT molecular complexity index is 815. The fourth-order valence-corrected chi connectivity index (χ4v) is 4.38. The largest absolute Gasteiger partial charge is 0.506 e. The Morgan fingerprint density at radius 2 is 2.00 bits per heavy atom. The molecule has 0 fully saturated rings. The molecule has 3 unspecified atom stereocenters. The fraction of sp³-hybridized carbons (Fsp3) is 0.263. The Balaban J connectivity index is 1.88. The van der Waals surface area contributed by atoms with E-state index in [0.29, 0.717) is 21.9 Å². The molecule has 23 heavy (non-hydrogen) atoms. The minimum Gasteiger partial charge on any atom is -0.506 e. The van der Waals surface area contributed by atoms with Gasteiger partial charge >= 0.3 is 0 Å². The van der Waals surface area contributed by atoms with Crippen LogP contribution in [0.15, 0.2) is 42.5 Å². The van der Waals surface area contributed by atoms with Crippen molar-refractivity contribution in [1.29, 1.82) is 0 Å². The molecule has 118 valence electrons. The van der Waals surface area contributed by atoms with Gasteiger partial charge in [0.2, 0.25) is 0 Å². The van der Waals surface area contributed by atoms with Crippen LogP contribution in [0.3, 0.4) is 0 Å². The highest BCUT2D eigenvalue weighted by Crippen LogP contribution is 2.54. The van der Waals surface area contributed by atoms with Crippen LogP contribution in [0.4, 0.5) is 5.69 Å². The molecule has 4 rings (SSSR count). The summed E-state index contributed by atoms with van der Waals surface area (Å²) in [5, 5.41) is 15.0. The molecule has 4 heteroatoms. The standard InChI is InChI=1S/C19H17Cl2NO/c1-10-8-9-15(23)19-16(10)11-4-2-5-12(11)18(22-19)13-6-3-7-14(20)17(13)21/h2-4,6-9,11-12,18,22-23H,5H2,1H3. The minimum atomic E-state index is 0.0291. The first-order chi connectivity index (χ1) is 11.1. The quantitative estimate of drug-likeness (QED) is 0.503. The Morgan fingerprint density at radius 1 is 1.17 bits per heavy atom. The maximum absolute atomic E-state index is 10.3. The van der Waals surface area contributed by atoms with E-state index in [0.717, 1.165) is 17.7 Å². The van der Waals surface area contributed by atoms with Gasteiger partial charge in [-0.05, 0) is 48.1 Å². The van der Waals surface area contributed by atoms with Gasteiger partial charge in [0.25, 0.3) is 0 Å². The average molecular weight is 346 g/mol. The monoisotopic (exact) mass is 345 g/mol. The summed E-state index contributed by atoms with van der Waals surface area (Å²) in [6.07, 6.45) is 5.46. The molecule has 2 nitrogen and oxygen atoms in total. The summed E-state index contributed by atoms with van der Waals surface area (Å²) in [5.41, 5.74) is 4.20. The number of hydrogen-bond acceptors (Lipinski definition) is 2. The first kappa shape index (κ1) is 14.9. The van der Waals surface area contributed by atoms with E-state index in [1.165, 1.54) is 11.1 Å². The molecule has 0 saturated carbocycles. The molecule has 1 aliphatic heterocycles. The zero-order valence-electron chi connectivity index (χ0n) is 12.7. The summed E-state index contributed by atoms with van der Waals surface area (Å²) >= 11 is 12.7. The third-order valence-corrected chi connectivity index (χ3v) is 5.87. The average Bonchev–Trinajstić information content (AvgIpc) is 3.02. The third-order valence-electron chi connectivity index (χ3n) is 5.03. The predicted molar refractivity (Wildman–Crippen MR) is 95.7 cm³/mol. The third kappa shape index (κ3) is 2.24. The van der Waals surface area contributed by atoms with Gasteiger partial charge in [0, 0.05) is 5.92 Å². The second kappa shape index (κ2) is 5.47. The predicted octanol–water partition coefficient (Wildman–Crippen LogP) is 5.83. The van der Waals surface area contributed by atoms with Crippen molar-refractivity contribution in [1.82, 2.24) is 0 Å². The molecule has 0 aromatic heterocycles. The zero-order chi connectivity index (χ0) is 16.1. The van der Waals surface area contributed by atoms with Gasteiger partial charge in [-0.15, -0.1) is 0 Å². The topological polar surface area (TPSA) is 32.3 Å². The number of aryl methyl sites for hydroxylation is 1. The van der Waals surface area contributed by atoms with Crippen LogP contribution in [0.25, 0.3) is 0 Å². The van der Waals surface area contributed by atoms with Crippen LogP contribution in [-0.4, -0.2) is 5.11 Å². The maximum atomic E-state index is 10.3. The molecule has 1 heterocycles. The summed E-state index contributed by atoms with van der Waals surface area (Å²) in [6, 6.07) is 9.49. The van der Waals surface area contributed by atoms with E-state index < -0.39 is 0 Å². The SMILES string of the molecule is Cc1ccc(O)c2c1C1C=CCC1C(c1cccc(Cl)c1Cl)N2. The van der Waals surface area contributed by atoms with Crippen molar-refractivity contribution in [2.24, 2.45) is 5.92 Å². The Labute approximate surface area is 145 Å². The number of anilines is 1. The van der Waals surface area contributed by atoms with Crippen LogP contribution in [0.1, 0.15) is 35.1 Å². The van der Waals surface area contributed by atoms with Gasteiger partial charge in [0.15, 0.2) is 0 Å². The van der Waals surface area contributed by atoms with Gasteiger partial charge in [-0.25, -0.2) is 0 Å². The molecule has 2 N–H and O–H groups in total. The first-order valence-corrected chi connectivity index (χ1v) is 8.53. The molecule has 2 aromatic carbocycles. The molecular formula is C19H17Cl2NO. The van der Waals surface area contributed by atoms with E-state index >= 15 is 0 Å². The molecule has 1 aliphatic carbocycles. The highest BCUT2D eigenvalue weighted by Gasteiger charge is 2.40. The smallest absolute Gasteiger partial charge is 0.139 e. The molecule has 0 radical (unpaired) electrons. The molecule has 0 amide bonds. The molecule has 3 atom stereocenters. The number of phenols is 1. The Kier molecular flexibility index (Phi) is 3.55. The molecular weight excluding hydrogens is 329 g/mol. The molecule has 0 spiro atoms. The van der Waals surface area contributed by atoms with Crippen molar-refractivity contribution in [3.8, 4) is 5.75 Å². The van der Waals surface area contributed by atoms with E-state index in [1.807, 2.05) is 18.2 Å². The van der Waals surface area contributed by atoms with E-state index in [4.69, 9.17) is 23.2 Å². The molecule has 2 aliphatic rings. The number of allylic oxidation sites excluding steroid dienone is 2. The maximum Gasteiger partial charge on any atom is 0.139 e. The lowest BCUT2D eigenvalue weighted by Crippen LogP contribution is -2.30. The summed E-state index contributed by atoms with van der Waals surface area (Å²) in [5.74, 6) is 0.949. The first-order valence-electron chi connectivity index (χ1n) is 7.77. The number of rotatable bonds is 1. The summed E-state index contributed by atoms with van der Waals surface area (Å²) in [7, 11) is 0. The van der Waals surface area contributed by atoms with Crippen LogP contribution in [-0.2, 0) is 0 Å².